The van der Waals surface area contributed by atoms with E-state index in [4.69, 9.17) is 21.9 Å². The molecule has 2 aromatic rings. The lowest BCUT2D eigenvalue weighted by molar-refractivity contribution is -0.121. The number of rotatable bonds is 6. The van der Waals surface area contributed by atoms with Gasteiger partial charge < -0.3 is 15.6 Å². The van der Waals surface area contributed by atoms with E-state index in [2.05, 4.69) is 15.5 Å². The van der Waals surface area contributed by atoms with E-state index in [1.54, 1.807) is 12.1 Å². The second-order valence-electron chi connectivity index (χ2n) is 4.72. The van der Waals surface area contributed by atoms with Crippen molar-refractivity contribution in [2.45, 2.75) is 25.8 Å². The third kappa shape index (κ3) is 4.54. The molecule has 0 aliphatic carbocycles. The summed E-state index contributed by atoms with van der Waals surface area (Å²) in [5.41, 5.74) is 6.26. The largest absolute Gasteiger partial charge is 0.352 e. The summed E-state index contributed by atoms with van der Waals surface area (Å²) in [5.74, 6) is 0.826. The minimum Gasteiger partial charge on any atom is -0.352 e. The molecule has 0 bridgehead atoms. The van der Waals surface area contributed by atoms with Crippen LogP contribution in [0.2, 0.25) is 5.02 Å². The Balaban J connectivity index is 1.91. The number of carbonyl (C=O) groups is 1. The monoisotopic (exact) mass is 308 g/mol. The lowest BCUT2D eigenvalue weighted by Gasteiger charge is -2.09. The summed E-state index contributed by atoms with van der Waals surface area (Å²) in [7, 11) is 0. The number of hydrogen-bond acceptors (Lipinski definition) is 5. The summed E-state index contributed by atoms with van der Waals surface area (Å²) in [6.45, 7) is 2.26. The zero-order chi connectivity index (χ0) is 15.2. The van der Waals surface area contributed by atoms with E-state index in [9.17, 15) is 4.79 Å². The zero-order valence-electron chi connectivity index (χ0n) is 11.7. The average molecular weight is 309 g/mol. The van der Waals surface area contributed by atoms with Crippen LogP contribution in [0.25, 0.3) is 11.4 Å². The summed E-state index contributed by atoms with van der Waals surface area (Å²) >= 11 is 5.82. The maximum Gasteiger partial charge on any atom is 0.227 e. The number of carbonyl (C=O) groups excluding carboxylic acids is 1. The fourth-order valence-corrected chi connectivity index (χ4v) is 1.82. The fourth-order valence-electron chi connectivity index (χ4n) is 1.70. The Kier molecular flexibility index (Phi) is 5.30. The minimum absolute atomic E-state index is 0.0372. The summed E-state index contributed by atoms with van der Waals surface area (Å²) < 4.78 is 5.13. The van der Waals surface area contributed by atoms with Gasteiger partial charge in [-0.1, -0.05) is 16.8 Å². The van der Waals surface area contributed by atoms with Crippen LogP contribution in [0.15, 0.2) is 28.8 Å². The number of nitrogens with one attached hydrogen (secondary N) is 1. The molecule has 3 N–H and O–H groups in total. The highest BCUT2D eigenvalue weighted by atomic mass is 35.5. The first kappa shape index (κ1) is 15.5. The summed E-state index contributed by atoms with van der Waals surface area (Å²) in [6, 6.07) is 7.10. The van der Waals surface area contributed by atoms with E-state index < -0.39 is 0 Å². The molecule has 2 rings (SSSR count). The molecular formula is C14H17ClN4O2. The molecule has 1 atom stereocenters. The maximum atomic E-state index is 11.6. The normalized spacial score (nSPS) is 12.1. The van der Waals surface area contributed by atoms with E-state index in [0.717, 1.165) is 5.56 Å². The van der Waals surface area contributed by atoms with Crippen LogP contribution >= 0.6 is 11.6 Å². The first-order valence-corrected chi connectivity index (χ1v) is 7.04. The van der Waals surface area contributed by atoms with Gasteiger partial charge in [0.05, 0.1) is 0 Å². The van der Waals surface area contributed by atoms with Crippen molar-refractivity contribution in [3.05, 3.63) is 35.2 Å². The predicted molar refractivity (Wildman–Crippen MR) is 79.7 cm³/mol. The van der Waals surface area contributed by atoms with Crippen LogP contribution in [0.3, 0.4) is 0 Å². The van der Waals surface area contributed by atoms with Gasteiger partial charge in [-0.3, -0.25) is 4.79 Å². The Hall–Kier alpha value is -1.92. The number of benzene rings is 1. The van der Waals surface area contributed by atoms with Crippen molar-refractivity contribution in [2.75, 3.05) is 6.54 Å². The predicted octanol–water partition coefficient (Wildman–Crippen LogP) is 1.79. The van der Waals surface area contributed by atoms with Crippen LogP contribution in [0.4, 0.5) is 0 Å². The molecule has 0 unspecified atom stereocenters. The number of halogens is 1. The molecule has 0 aliphatic rings. The summed E-state index contributed by atoms with van der Waals surface area (Å²) in [4.78, 5) is 15.9. The summed E-state index contributed by atoms with van der Waals surface area (Å²) in [6.07, 6.45) is 0.677. The molecule has 0 spiro atoms. The van der Waals surface area contributed by atoms with Crippen molar-refractivity contribution in [3.63, 3.8) is 0 Å². The van der Waals surface area contributed by atoms with Gasteiger partial charge in [0.2, 0.25) is 17.6 Å². The Labute approximate surface area is 127 Å². The van der Waals surface area contributed by atoms with Crippen LogP contribution in [-0.4, -0.2) is 28.6 Å². The minimum atomic E-state index is -0.0841. The Morgan fingerprint density at radius 3 is 2.81 bits per heavy atom. The molecule has 7 heteroatoms. The maximum absolute atomic E-state index is 11.6. The highest BCUT2D eigenvalue weighted by molar-refractivity contribution is 6.30. The SMILES string of the molecule is C[C@@H](CN)NC(=O)CCc1nc(-c2ccc(Cl)cc2)no1. The van der Waals surface area contributed by atoms with Gasteiger partial charge in [-0.15, -0.1) is 0 Å². The highest BCUT2D eigenvalue weighted by Gasteiger charge is 2.11. The van der Waals surface area contributed by atoms with E-state index in [-0.39, 0.29) is 18.4 Å². The Bertz CT molecular complexity index is 597. The van der Waals surface area contributed by atoms with Gasteiger partial charge in [0.1, 0.15) is 0 Å². The van der Waals surface area contributed by atoms with Crippen molar-refractivity contribution in [1.29, 1.82) is 0 Å². The van der Waals surface area contributed by atoms with Crippen molar-refractivity contribution in [1.82, 2.24) is 15.5 Å². The number of aryl methyl sites for hydroxylation is 1. The Morgan fingerprint density at radius 2 is 2.14 bits per heavy atom. The van der Waals surface area contributed by atoms with Crippen LogP contribution in [0.5, 0.6) is 0 Å². The van der Waals surface area contributed by atoms with Crippen molar-refractivity contribution < 1.29 is 9.32 Å². The molecule has 0 fully saturated rings. The van der Waals surface area contributed by atoms with Crippen LogP contribution < -0.4 is 11.1 Å². The van der Waals surface area contributed by atoms with Crippen molar-refractivity contribution >= 4 is 17.5 Å². The van der Waals surface area contributed by atoms with Gasteiger partial charge >= 0.3 is 0 Å². The van der Waals surface area contributed by atoms with Crippen LogP contribution in [0, 0.1) is 0 Å². The lowest BCUT2D eigenvalue weighted by Crippen LogP contribution is -2.37. The van der Waals surface area contributed by atoms with Gasteiger partial charge in [0, 0.05) is 36.0 Å². The number of nitrogens with zero attached hydrogens (tertiary/aromatic N) is 2. The molecule has 21 heavy (non-hydrogen) atoms. The molecule has 112 valence electrons. The van der Waals surface area contributed by atoms with Gasteiger partial charge in [0.25, 0.3) is 0 Å². The quantitative estimate of drug-likeness (QED) is 0.848. The van der Waals surface area contributed by atoms with E-state index in [1.807, 2.05) is 19.1 Å². The van der Waals surface area contributed by atoms with Crippen LogP contribution in [0.1, 0.15) is 19.2 Å². The van der Waals surface area contributed by atoms with Gasteiger partial charge in [-0.2, -0.15) is 4.98 Å². The van der Waals surface area contributed by atoms with Crippen molar-refractivity contribution in [3.8, 4) is 11.4 Å². The molecule has 0 radical (unpaired) electrons. The molecule has 0 aliphatic heterocycles. The first-order valence-electron chi connectivity index (χ1n) is 6.66. The number of hydrogen-bond donors (Lipinski definition) is 2. The number of nitrogens with two attached hydrogens (primary N) is 1. The molecule has 0 saturated heterocycles. The van der Waals surface area contributed by atoms with Gasteiger partial charge in [-0.05, 0) is 31.2 Å². The smallest absolute Gasteiger partial charge is 0.227 e. The van der Waals surface area contributed by atoms with Gasteiger partial charge in [0.15, 0.2) is 0 Å². The number of amides is 1. The van der Waals surface area contributed by atoms with E-state index >= 15 is 0 Å². The molecule has 6 nitrogen and oxygen atoms in total. The second kappa shape index (κ2) is 7.19. The first-order chi connectivity index (χ1) is 10.1. The van der Waals surface area contributed by atoms with E-state index in [0.29, 0.717) is 29.7 Å². The molecular weight excluding hydrogens is 292 g/mol. The average Bonchev–Trinajstić information content (AvgIpc) is 2.94. The second-order valence-corrected chi connectivity index (χ2v) is 5.16. The third-order valence-corrected chi connectivity index (χ3v) is 3.15. The molecule has 1 heterocycles. The molecule has 1 aromatic heterocycles. The summed E-state index contributed by atoms with van der Waals surface area (Å²) in [5, 5.41) is 7.31. The molecule has 1 amide bonds. The van der Waals surface area contributed by atoms with Crippen molar-refractivity contribution in [2.24, 2.45) is 5.73 Å². The zero-order valence-corrected chi connectivity index (χ0v) is 12.4. The van der Waals surface area contributed by atoms with Crippen LogP contribution in [-0.2, 0) is 11.2 Å². The standard InChI is InChI=1S/C14H17ClN4O2/c1-9(8-16)17-12(20)6-7-13-18-14(19-21-13)10-2-4-11(15)5-3-10/h2-5,9H,6-8,16H2,1H3,(H,17,20)/t9-/m0/s1. The highest BCUT2D eigenvalue weighted by Crippen LogP contribution is 2.18. The fraction of sp³-hybridized carbons (Fsp3) is 0.357. The Morgan fingerprint density at radius 1 is 1.43 bits per heavy atom. The lowest BCUT2D eigenvalue weighted by atomic mass is 10.2. The topological polar surface area (TPSA) is 94.0 Å². The van der Waals surface area contributed by atoms with Gasteiger partial charge in [-0.25, -0.2) is 0 Å². The third-order valence-electron chi connectivity index (χ3n) is 2.90. The molecule has 0 saturated carbocycles. The number of aromatic nitrogens is 2. The molecule has 1 aromatic carbocycles. The van der Waals surface area contributed by atoms with E-state index in [1.165, 1.54) is 0 Å².